The molecule has 16 heavy (non-hydrogen) atoms. The van der Waals surface area contributed by atoms with Crippen LogP contribution in [-0.2, 0) is 6.42 Å². The molecule has 1 heterocycles. The minimum atomic E-state index is -0.254. The number of hydrogen-bond donors (Lipinski definition) is 0. The van der Waals surface area contributed by atoms with Gasteiger partial charge in [-0.05, 0) is 23.3 Å². The first-order chi connectivity index (χ1) is 7.67. The van der Waals surface area contributed by atoms with E-state index in [0.717, 1.165) is 12.1 Å². The van der Waals surface area contributed by atoms with E-state index in [9.17, 15) is 0 Å². The third-order valence-electron chi connectivity index (χ3n) is 1.70. The standard InChI is InChI=1S/C9H11Cl3N2S2/c1-2-6-3-4-13-9(14-6)16-15-8(12)7(11)5-10/h3-4,7-8H,2,5H2,1H3. The van der Waals surface area contributed by atoms with Crippen molar-refractivity contribution < 1.29 is 0 Å². The lowest BCUT2D eigenvalue weighted by molar-refractivity contribution is 0.893. The summed E-state index contributed by atoms with van der Waals surface area (Å²) in [6.45, 7) is 2.05. The Morgan fingerprint density at radius 1 is 1.44 bits per heavy atom. The van der Waals surface area contributed by atoms with Gasteiger partial charge in [0, 0.05) is 17.8 Å². The van der Waals surface area contributed by atoms with Gasteiger partial charge in [-0.25, -0.2) is 9.97 Å². The third kappa shape index (κ3) is 4.88. The quantitative estimate of drug-likeness (QED) is 0.446. The Kier molecular flexibility index (Phi) is 7.24. The Balaban J connectivity index is 2.47. The molecule has 7 heteroatoms. The maximum absolute atomic E-state index is 6.03. The summed E-state index contributed by atoms with van der Waals surface area (Å²) in [5.41, 5.74) is 1.02. The summed E-state index contributed by atoms with van der Waals surface area (Å²) in [6, 6.07) is 1.90. The van der Waals surface area contributed by atoms with Gasteiger partial charge in [0.1, 0.15) is 4.71 Å². The number of aromatic nitrogens is 2. The first kappa shape index (κ1) is 14.7. The van der Waals surface area contributed by atoms with E-state index in [1.54, 1.807) is 6.20 Å². The van der Waals surface area contributed by atoms with Crippen LogP contribution in [0.2, 0.25) is 0 Å². The Hall–Kier alpha value is 0.650. The van der Waals surface area contributed by atoms with E-state index in [2.05, 4.69) is 16.9 Å². The second kappa shape index (κ2) is 7.88. The SMILES string of the molecule is CCc1ccnc(SSC(Cl)C(Cl)CCl)n1. The van der Waals surface area contributed by atoms with Crippen LogP contribution in [0.3, 0.4) is 0 Å². The Morgan fingerprint density at radius 3 is 2.81 bits per heavy atom. The molecule has 0 aliphatic carbocycles. The van der Waals surface area contributed by atoms with E-state index < -0.39 is 0 Å². The average Bonchev–Trinajstić information content (AvgIpc) is 2.35. The molecule has 0 saturated heterocycles. The van der Waals surface area contributed by atoms with Crippen LogP contribution in [0.5, 0.6) is 0 Å². The molecule has 1 aromatic heterocycles. The summed E-state index contributed by atoms with van der Waals surface area (Å²) in [5, 5.41) is 0.448. The van der Waals surface area contributed by atoms with Crippen LogP contribution in [-0.4, -0.2) is 25.9 Å². The van der Waals surface area contributed by atoms with Crippen molar-refractivity contribution in [3.8, 4) is 0 Å². The Bertz CT molecular complexity index is 327. The maximum atomic E-state index is 6.03. The molecule has 0 aliphatic heterocycles. The zero-order valence-electron chi connectivity index (χ0n) is 8.57. The van der Waals surface area contributed by atoms with Gasteiger partial charge in [0.15, 0.2) is 5.16 Å². The summed E-state index contributed by atoms with van der Waals surface area (Å²) in [5.74, 6) is 0.332. The summed E-state index contributed by atoms with van der Waals surface area (Å²) in [7, 11) is 2.84. The normalized spacial score (nSPS) is 14.8. The van der Waals surface area contributed by atoms with Crippen LogP contribution in [0.15, 0.2) is 17.4 Å². The van der Waals surface area contributed by atoms with Crippen molar-refractivity contribution in [3.05, 3.63) is 18.0 Å². The highest BCUT2D eigenvalue weighted by Crippen LogP contribution is 2.37. The molecule has 2 nitrogen and oxygen atoms in total. The third-order valence-corrected chi connectivity index (χ3v) is 6.08. The smallest absolute Gasteiger partial charge is 0.198 e. The zero-order chi connectivity index (χ0) is 12.0. The van der Waals surface area contributed by atoms with Crippen LogP contribution < -0.4 is 0 Å². The van der Waals surface area contributed by atoms with Crippen LogP contribution in [0, 0.1) is 0 Å². The van der Waals surface area contributed by atoms with Crippen molar-refractivity contribution in [1.29, 1.82) is 0 Å². The number of alkyl halides is 3. The van der Waals surface area contributed by atoms with Crippen LogP contribution >= 0.6 is 56.4 Å². The summed E-state index contributed by atoms with van der Waals surface area (Å²) >= 11 is 17.5. The first-order valence-corrected chi connectivity index (χ1v) is 8.28. The largest absolute Gasteiger partial charge is 0.230 e. The van der Waals surface area contributed by atoms with Crippen LogP contribution in [0.4, 0.5) is 0 Å². The van der Waals surface area contributed by atoms with Crippen molar-refractivity contribution in [1.82, 2.24) is 9.97 Å². The number of halogens is 3. The molecule has 0 saturated carbocycles. The first-order valence-electron chi connectivity index (χ1n) is 4.66. The molecule has 0 radical (unpaired) electrons. The lowest BCUT2D eigenvalue weighted by Crippen LogP contribution is -2.11. The molecule has 0 N–H and O–H groups in total. The molecule has 2 atom stereocenters. The van der Waals surface area contributed by atoms with Gasteiger partial charge in [0.2, 0.25) is 0 Å². The van der Waals surface area contributed by atoms with E-state index >= 15 is 0 Å². The Morgan fingerprint density at radius 2 is 2.19 bits per heavy atom. The van der Waals surface area contributed by atoms with Gasteiger partial charge in [0.25, 0.3) is 0 Å². The zero-order valence-corrected chi connectivity index (χ0v) is 12.5. The molecule has 0 fully saturated rings. The van der Waals surface area contributed by atoms with Gasteiger partial charge in [0.05, 0.1) is 5.38 Å². The fraction of sp³-hybridized carbons (Fsp3) is 0.556. The van der Waals surface area contributed by atoms with Crippen LogP contribution in [0.1, 0.15) is 12.6 Å². The lowest BCUT2D eigenvalue weighted by Gasteiger charge is -2.11. The molecule has 2 unspecified atom stereocenters. The Labute approximate surface area is 118 Å². The van der Waals surface area contributed by atoms with Crippen LogP contribution in [0.25, 0.3) is 0 Å². The van der Waals surface area contributed by atoms with Crippen molar-refractivity contribution in [2.75, 3.05) is 5.88 Å². The summed E-state index contributed by atoms with van der Waals surface area (Å²) in [4.78, 5) is 8.49. The van der Waals surface area contributed by atoms with Crippen molar-refractivity contribution in [2.24, 2.45) is 0 Å². The molecule has 0 aromatic carbocycles. The topological polar surface area (TPSA) is 25.8 Å². The highest BCUT2D eigenvalue weighted by atomic mass is 35.5. The predicted octanol–water partition coefficient (Wildman–Crippen LogP) is 4.19. The summed E-state index contributed by atoms with van der Waals surface area (Å²) < 4.78 is -0.252. The van der Waals surface area contributed by atoms with E-state index in [4.69, 9.17) is 34.8 Å². The number of rotatable bonds is 6. The second-order valence-corrected chi connectivity index (χ2v) is 6.79. The van der Waals surface area contributed by atoms with E-state index in [-0.39, 0.29) is 10.1 Å². The highest BCUT2D eigenvalue weighted by molar-refractivity contribution is 8.77. The molecule has 90 valence electrons. The maximum Gasteiger partial charge on any atom is 0.198 e. The van der Waals surface area contributed by atoms with Crippen molar-refractivity contribution in [3.63, 3.8) is 0 Å². The average molecular weight is 318 g/mol. The van der Waals surface area contributed by atoms with Gasteiger partial charge in [-0.1, -0.05) is 17.7 Å². The fourth-order valence-electron chi connectivity index (χ4n) is 0.832. The van der Waals surface area contributed by atoms with Gasteiger partial charge < -0.3 is 0 Å². The van der Waals surface area contributed by atoms with Gasteiger partial charge in [-0.15, -0.1) is 34.8 Å². The monoisotopic (exact) mass is 316 g/mol. The minimum Gasteiger partial charge on any atom is -0.230 e. The van der Waals surface area contributed by atoms with Gasteiger partial charge in [-0.2, -0.15) is 0 Å². The van der Waals surface area contributed by atoms with Gasteiger partial charge in [-0.3, -0.25) is 0 Å². The lowest BCUT2D eigenvalue weighted by atomic mass is 10.3. The molecule has 1 aromatic rings. The highest BCUT2D eigenvalue weighted by Gasteiger charge is 2.17. The van der Waals surface area contributed by atoms with E-state index in [1.165, 1.54) is 21.6 Å². The molecule has 0 amide bonds. The molecule has 0 bridgehead atoms. The molecule has 0 aliphatic rings. The second-order valence-electron chi connectivity index (χ2n) is 2.89. The summed E-state index contributed by atoms with van der Waals surface area (Å²) in [6.07, 6.45) is 2.64. The molecular formula is C9H11Cl3N2S2. The van der Waals surface area contributed by atoms with Crippen molar-refractivity contribution >= 4 is 56.4 Å². The number of aryl methyl sites for hydroxylation is 1. The molecule has 0 spiro atoms. The fourth-order valence-corrected chi connectivity index (χ4v) is 3.79. The van der Waals surface area contributed by atoms with E-state index in [0.29, 0.717) is 11.0 Å². The van der Waals surface area contributed by atoms with Gasteiger partial charge >= 0.3 is 0 Å². The predicted molar refractivity (Wildman–Crippen MR) is 74.9 cm³/mol. The number of nitrogens with zero attached hydrogens (tertiary/aromatic N) is 2. The van der Waals surface area contributed by atoms with Crippen molar-refractivity contribution in [2.45, 2.75) is 28.6 Å². The number of hydrogen-bond acceptors (Lipinski definition) is 4. The van der Waals surface area contributed by atoms with E-state index in [1.807, 2.05) is 6.07 Å². The minimum absolute atomic E-state index is 0.252. The molecular weight excluding hydrogens is 307 g/mol. The molecule has 1 rings (SSSR count).